The van der Waals surface area contributed by atoms with Crippen LogP contribution >= 0.6 is 0 Å². The molecule has 7 nitrogen and oxygen atoms in total. The van der Waals surface area contributed by atoms with Crippen LogP contribution in [-0.2, 0) is 14.4 Å². The number of carbonyl (C=O) groups excluding carboxylic acids is 3. The number of carbonyl (C=O) groups is 3. The first-order chi connectivity index (χ1) is 8.56. The first-order valence-electron chi connectivity index (χ1n) is 5.80. The highest BCUT2D eigenvalue weighted by molar-refractivity contribution is 6.35. The highest BCUT2D eigenvalue weighted by Crippen LogP contribution is 2.23. The Morgan fingerprint density at radius 1 is 1.33 bits per heavy atom. The summed E-state index contributed by atoms with van der Waals surface area (Å²) in [6, 6.07) is 1.60. The molecule has 0 unspecified atom stereocenters. The zero-order valence-electron chi connectivity index (χ0n) is 10.0. The number of hydrogen-bond donors (Lipinski definition) is 2. The number of nitrogens with one attached hydrogen (secondary N) is 1. The smallest absolute Gasteiger partial charge is 0.312 e. The van der Waals surface area contributed by atoms with E-state index in [2.05, 4.69) is 5.32 Å². The Bertz CT molecular complexity index is 382. The molecule has 0 aromatic carbocycles. The third-order valence-electron chi connectivity index (χ3n) is 2.87. The second-order valence-corrected chi connectivity index (χ2v) is 4.18. The van der Waals surface area contributed by atoms with Crippen LogP contribution in [0.15, 0.2) is 0 Å². The summed E-state index contributed by atoms with van der Waals surface area (Å²) < 4.78 is 0. The third kappa shape index (κ3) is 3.73. The minimum Gasteiger partial charge on any atom is -0.368 e. The first-order valence-corrected chi connectivity index (χ1v) is 5.80. The van der Waals surface area contributed by atoms with Gasteiger partial charge < -0.3 is 16.0 Å². The highest BCUT2D eigenvalue weighted by atomic mass is 16.2. The van der Waals surface area contributed by atoms with Crippen molar-refractivity contribution >= 4 is 17.7 Å². The van der Waals surface area contributed by atoms with Crippen LogP contribution < -0.4 is 11.1 Å². The fourth-order valence-electron chi connectivity index (χ4n) is 2.08. The van der Waals surface area contributed by atoms with E-state index in [-0.39, 0.29) is 19.1 Å². The fourth-order valence-corrected chi connectivity index (χ4v) is 2.08. The molecule has 0 atom stereocenters. The van der Waals surface area contributed by atoms with Crippen molar-refractivity contribution in [2.45, 2.75) is 31.7 Å². The number of nitrogens with two attached hydrogens (primary N) is 1. The Labute approximate surface area is 105 Å². The van der Waals surface area contributed by atoms with Gasteiger partial charge in [-0.2, -0.15) is 5.26 Å². The zero-order valence-corrected chi connectivity index (χ0v) is 10.0. The van der Waals surface area contributed by atoms with Gasteiger partial charge in [0, 0.05) is 6.04 Å². The number of primary amides is 1. The molecule has 18 heavy (non-hydrogen) atoms. The minimum atomic E-state index is -0.871. The summed E-state index contributed by atoms with van der Waals surface area (Å²) in [5.41, 5.74) is 5.08. The van der Waals surface area contributed by atoms with Crippen LogP contribution in [0, 0.1) is 11.3 Å². The molecular weight excluding hydrogens is 236 g/mol. The van der Waals surface area contributed by atoms with Crippen LogP contribution in [-0.4, -0.2) is 41.8 Å². The molecule has 1 aliphatic rings. The third-order valence-corrected chi connectivity index (χ3v) is 2.87. The van der Waals surface area contributed by atoms with Gasteiger partial charge in [0.05, 0.1) is 6.07 Å². The molecule has 98 valence electrons. The van der Waals surface area contributed by atoms with Gasteiger partial charge in [-0.1, -0.05) is 12.8 Å². The molecule has 1 saturated carbocycles. The molecule has 0 saturated heterocycles. The van der Waals surface area contributed by atoms with Crippen molar-refractivity contribution in [3.05, 3.63) is 0 Å². The second kappa shape index (κ2) is 6.59. The summed E-state index contributed by atoms with van der Waals surface area (Å²) >= 11 is 0. The summed E-state index contributed by atoms with van der Waals surface area (Å²) in [5, 5.41) is 10.5. The number of nitrogens with zero attached hydrogens (tertiary/aromatic N) is 2. The lowest BCUT2D eigenvalue weighted by molar-refractivity contribution is -0.148. The van der Waals surface area contributed by atoms with E-state index in [4.69, 9.17) is 11.0 Å². The van der Waals surface area contributed by atoms with E-state index in [0.29, 0.717) is 0 Å². The Hall–Kier alpha value is -2.10. The normalized spacial score (nSPS) is 14.8. The molecule has 3 N–H and O–H groups in total. The number of hydrogen-bond acceptors (Lipinski definition) is 4. The van der Waals surface area contributed by atoms with Crippen LogP contribution in [0.2, 0.25) is 0 Å². The van der Waals surface area contributed by atoms with Crippen LogP contribution in [0.5, 0.6) is 0 Å². The number of rotatable bonds is 4. The molecule has 0 bridgehead atoms. The zero-order chi connectivity index (χ0) is 13.5. The molecule has 0 aromatic rings. The second-order valence-electron chi connectivity index (χ2n) is 4.18. The van der Waals surface area contributed by atoms with Gasteiger partial charge in [0.2, 0.25) is 5.91 Å². The predicted octanol–water partition coefficient (Wildman–Crippen LogP) is -1.12. The van der Waals surface area contributed by atoms with E-state index < -0.39 is 17.7 Å². The number of amides is 3. The van der Waals surface area contributed by atoms with Gasteiger partial charge in [0.25, 0.3) is 0 Å². The van der Waals surface area contributed by atoms with Crippen LogP contribution in [0.1, 0.15) is 25.7 Å². The van der Waals surface area contributed by atoms with Crippen LogP contribution in [0.3, 0.4) is 0 Å². The van der Waals surface area contributed by atoms with E-state index >= 15 is 0 Å². The molecule has 0 spiro atoms. The standard InChI is InChI=1S/C11H16N4O3/c12-5-6-14-10(17)11(18)15(7-9(13)16)8-3-1-2-4-8/h8H,1-4,6-7H2,(H2,13,16)(H,14,17). The summed E-state index contributed by atoms with van der Waals surface area (Å²) in [6.07, 6.45) is 3.47. The quantitative estimate of drug-likeness (QED) is 0.487. The molecule has 1 aliphatic carbocycles. The molecule has 0 aliphatic heterocycles. The highest BCUT2D eigenvalue weighted by Gasteiger charge is 2.31. The molecule has 7 heteroatoms. The number of nitriles is 1. The molecule has 0 aromatic heterocycles. The maximum absolute atomic E-state index is 11.9. The summed E-state index contributed by atoms with van der Waals surface area (Å²) in [6.45, 7) is -0.497. The summed E-state index contributed by atoms with van der Waals surface area (Å²) in [5.74, 6) is -2.32. The summed E-state index contributed by atoms with van der Waals surface area (Å²) in [7, 11) is 0. The van der Waals surface area contributed by atoms with E-state index in [9.17, 15) is 14.4 Å². The first kappa shape index (κ1) is 14.0. The van der Waals surface area contributed by atoms with Crippen molar-refractivity contribution in [1.82, 2.24) is 10.2 Å². The van der Waals surface area contributed by atoms with Crippen molar-refractivity contribution in [3.8, 4) is 6.07 Å². The van der Waals surface area contributed by atoms with Crippen molar-refractivity contribution in [2.75, 3.05) is 13.1 Å². The Balaban J connectivity index is 2.69. The van der Waals surface area contributed by atoms with Gasteiger partial charge in [-0.3, -0.25) is 14.4 Å². The molecule has 1 rings (SSSR count). The van der Waals surface area contributed by atoms with E-state index in [0.717, 1.165) is 25.7 Å². The lowest BCUT2D eigenvalue weighted by atomic mass is 10.2. The van der Waals surface area contributed by atoms with Gasteiger partial charge in [0.1, 0.15) is 13.1 Å². The molecule has 0 radical (unpaired) electrons. The van der Waals surface area contributed by atoms with Gasteiger partial charge in [-0.05, 0) is 12.8 Å². The van der Waals surface area contributed by atoms with Crippen molar-refractivity contribution in [2.24, 2.45) is 5.73 Å². The average Bonchev–Trinajstić information content (AvgIpc) is 2.85. The van der Waals surface area contributed by atoms with Gasteiger partial charge in [-0.15, -0.1) is 0 Å². The van der Waals surface area contributed by atoms with Gasteiger partial charge >= 0.3 is 11.8 Å². The van der Waals surface area contributed by atoms with E-state index in [1.807, 2.05) is 0 Å². The molecule has 0 heterocycles. The minimum absolute atomic E-state index is 0.113. The Kier molecular flexibility index (Phi) is 5.11. The lowest BCUT2D eigenvalue weighted by Crippen LogP contribution is -2.50. The van der Waals surface area contributed by atoms with E-state index in [1.165, 1.54) is 4.90 Å². The van der Waals surface area contributed by atoms with Crippen LogP contribution in [0.25, 0.3) is 0 Å². The van der Waals surface area contributed by atoms with Gasteiger partial charge in [-0.25, -0.2) is 0 Å². The Morgan fingerprint density at radius 3 is 2.44 bits per heavy atom. The maximum Gasteiger partial charge on any atom is 0.312 e. The average molecular weight is 252 g/mol. The largest absolute Gasteiger partial charge is 0.368 e. The topological polar surface area (TPSA) is 116 Å². The molecule has 1 fully saturated rings. The van der Waals surface area contributed by atoms with Crippen LogP contribution in [0.4, 0.5) is 0 Å². The lowest BCUT2D eigenvalue weighted by Gasteiger charge is -2.26. The van der Waals surface area contributed by atoms with Gasteiger partial charge in [0.15, 0.2) is 0 Å². The van der Waals surface area contributed by atoms with Crippen molar-refractivity contribution < 1.29 is 14.4 Å². The van der Waals surface area contributed by atoms with Crippen molar-refractivity contribution in [1.29, 1.82) is 5.26 Å². The SMILES string of the molecule is N#CCNC(=O)C(=O)N(CC(N)=O)C1CCCC1. The van der Waals surface area contributed by atoms with Crippen molar-refractivity contribution in [3.63, 3.8) is 0 Å². The Morgan fingerprint density at radius 2 is 1.94 bits per heavy atom. The molecule has 3 amide bonds. The summed E-state index contributed by atoms with van der Waals surface area (Å²) in [4.78, 5) is 35.5. The fraction of sp³-hybridized carbons (Fsp3) is 0.636. The predicted molar refractivity (Wildman–Crippen MR) is 61.8 cm³/mol. The molecular formula is C11H16N4O3. The monoisotopic (exact) mass is 252 g/mol. The maximum atomic E-state index is 11.9. The van der Waals surface area contributed by atoms with E-state index in [1.54, 1.807) is 6.07 Å².